The van der Waals surface area contributed by atoms with Crippen molar-refractivity contribution in [2.45, 2.75) is 168 Å². The highest BCUT2D eigenvalue weighted by molar-refractivity contribution is 6.17. The first-order valence-corrected chi connectivity index (χ1v) is 27.2. The fraction of sp³-hybridized carbons (Fsp3) is 0.391. The van der Waals surface area contributed by atoms with Gasteiger partial charge in [-0.05, 0) is 201 Å². The molecular weight excluding hydrogens is 873 g/mol. The number of phenols is 1. The first kappa shape index (κ1) is 48.2. The second-order valence-electron chi connectivity index (χ2n) is 25.4. The van der Waals surface area contributed by atoms with Crippen molar-refractivity contribution in [3.63, 3.8) is 0 Å². The Bertz CT molecular complexity index is 3320. The van der Waals surface area contributed by atoms with Crippen molar-refractivity contribution in [1.82, 2.24) is 4.98 Å². The van der Waals surface area contributed by atoms with Gasteiger partial charge in [-0.25, -0.2) is 0 Å². The molecule has 1 N–H and O–H groups in total. The molecule has 368 valence electrons. The van der Waals surface area contributed by atoms with E-state index in [0.717, 1.165) is 33.8 Å². The Morgan fingerprint density at radius 2 is 1.19 bits per heavy atom. The topological polar surface area (TPSA) is 45.5 Å². The predicted molar refractivity (Wildman–Crippen MR) is 304 cm³/mol. The largest absolute Gasteiger partial charge is 0.507 e. The number of aliphatic imine (C=N–C) groups is 1. The number of phenolic OH excluding ortho intramolecular Hbond substituents is 1. The second kappa shape index (κ2) is 17.3. The summed E-state index contributed by atoms with van der Waals surface area (Å²) < 4.78 is 0. The summed E-state index contributed by atoms with van der Waals surface area (Å²) in [4.78, 5) is 10.9. The number of aryl methyl sites for hydroxylation is 3. The number of nitrogens with zero attached hydrogens (tertiary/aromatic N) is 2. The SMILES string of the molecule is Cc1ccc(-c2ccc(-c3cc4c(c5c3C(C)(C)C(c3ccc(C(C)(C)C)cc3O)=N5)-c3cc(-c5cc(-c6ccc(C7CCC8(CCCCC8)CC7)cc6)ccn5)ccc3C(C)(C)C4(C)C)c(C)c2)c(C)c1. The van der Waals surface area contributed by atoms with Crippen LogP contribution in [-0.2, 0) is 21.7 Å². The first-order chi connectivity index (χ1) is 34.2. The predicted octanol–water partition coefficient (Wildman–Crippen LogP) is 18.9. The van der Waals surface area contributed by atoms with Crippen LogP contribution in [0.3, 0.4) is 0 Å². The zero-order valence-corrected chi connectivity index (χ0v) is 45.3. The Hall–Kier alpha value is -6.06. The monoisotopic (exact) mass is 949 g/mol. The van der Waals surface area contributed by atoms with Gasteiger partial charge in [-0.2, -0.15) is 0 Å². The lowest BCUT2D eigenvalue weighted by atomic mass is 9.54. The summed E-state index contributed by atoms with van der Waals surface area (Å²) in [6, 6.07) is 43.6. The van der Waals surface area contributed by atoms with Crippen molar-refractivity contribution in [2.24, 2.45) is 10.4 Å². The molecule has 6 aromatic carbocycles. The molecule has 1 aliphatic heterocycles. The molecule has 3 heteroatoms. The molecule has 0 unspecified atom stereocenters. The van der Waals surface area contributed by atoms with Gasteiger partial charge in [0.2, 0.25) is 0 Å². The lowest BCUT2D eigenvalue weighted by molar-refractivity contribution is 0.114. The summed E-state index contributed by atoms with van der Waals surface area (Å²) in [6.45, 7) is 27.5. The van der Waals surface area contributed by atoms with Crippen LogP contribution < -0.4 is 0 Å². The van der Waals surface area contributed by atoms with Crippen LogP contribution in [0.1, 0.15) is 176 Å². The molecule has 0 radical (unpaired) electrons. The smallest absolute Gasteiger partial charge is 0.124 e. The highest BCUT2D eigenvalue weighted by atomic mass is 16.3. The van der Waals surface area contributed by atoms with Gasteiger partial charge in [-0.3, -0.25) is 9.98 Å². The van der Waals surface area contributed by atoms with Gasteiger partial charge >= 0.3 is 0 Å². The highest BCUT2D eigenvalue weighted by Gasteiger charge is 2.50. The van der Waals surface area contributed by atoms with E-state index in [4.69, 9.17) is 9.98 Å². The molecule has 11 rings (SSSR count). The van der Waals surface area contributed by atoms with Gasteiger partial charge in [-0.1, -0.05) is 166 Å². The molecule has 2 fully saturated rings. The zero-order chi connectivity index (χ0) is 50.7. The molecule has 4 aliphatic rings. The van der Waals surface area contributed by atoms with Crippen LogP contribution in [0.2, 0.25) is 0 Å². The van der Waals surface area contributed by atoms with E-state index in [0.29, 0.717) is 11.3 Å². The van der Waals surface area contributed by atoms with Crippen molar-refractivity contribution in [2.75, 3.05) is 0 Å². The van der Waals surface area contributed by atoms with Crippen LogP contribution >= 0.6 is 0 Å². The first-order valence-electron chi connectivity index (χ1n) is 27.2. The van der Waals surface area contributed by atoms with E-state index in [1.54, 1.807) is 0 Å². The third-order valence-electron chi connectivity index (χ3n) is 19.0. The number of rotatable bonds is 6. The van der Waals surface area contributed by atoms with Gasteiger partial charge in [0, 0.05) is 28.3 Å². The summed E-state index contributed by atoms with van der Waals surface area (Å²) in [6.07, 6.45) is 14.7. The molecule has 0 saturated heterocycles. The number of aromatic hydroxyl groups is 1. The fourth-order valence-electron chi connectivity index (χ4n) is 13.8. The minimum absolute atomic E-state index is 0.106. The standard InChI is InChI=1S/C69H76N2O/c1-42-16-24-52(43(2)36-42)49-21-25-53(44(3)37-49)55-41-58-61(63-62(55)66(7,8)64(71-63)54-26-23-51(40-60(54)72)65(4,5)6)56-38-50(22-27-57(56)67(9,10)68(58,11)12)59-39-48(30-35-70-59)46-19-17-45(18-20-46)47-28-33-69(34-29-47)31-14-13-15-32-69/h16-27,30,35-41,47,72H,13-15,28-29,31-34H2,1-12H3. The maximum atomic E-state index is 12.0. The van der Waals surface area contributed by atoms with Crippen LogP contribution in [0.5, 0.6) is 5.75 Å². The molecule has 3 aliphatic carbocycles. The van der Waals surface area contributed by atoms with Gasteiger partial charge in [0.25, 0.3) is 0 Å². The lowest BCUT2D eigenvalue weighted by Gasteiger charge is -2.49. The number of aromatic nitrogens is 1. The van der Waals surface area contributed by atoms with E-state index in [-0.39, 0.29) is 22.0 Å². The van der Waals surface area contributed by atoms with Crippen LogP contribution in [0.25, 0.3) is 55.8 Å². The number of fused-ring (bicyclic) bond motifs is 5. The Morgan fingerprint density at radius 1 is 0.542 bits per heavy atom. The van der Waals surface area contributed by atoms with Crippen molar-refractivity contribution in [1.29, 1.82) is 0 Å². The molecule has 3 nitrogen and oxygen atoms in total. The lowest BCUT2D eigenvalue weighted by Crippen LogP contribution is -2.43. The van der Waals surface area contributed by atoms with Crippen molar-refractivity contribution >= 4 is 11.4 Å². The van der Waals surface area contributed by atoms with Gasteiger partial charge < -0.3 is 5.11 Å². The van der Waals surface area contributed by atoms with Gasteiger partial charge in [0.1, 0.15) is 5.75 Å². The molecule has 1 spiro atoms. The van der Waals surface area contributed by atoms with E-state index < -0.39 is 5.41 Å². The number of pyridine rings is 1. The van der Waals surface area contributed by atoms with E-state index in [9.17, 15) is 5.11 Å². The van der Waals surface area contributed by atoms with Crippen LogP contribution in [0, 0.1) is 26.2 Å². The molecule has 2 heterocycles. The normalized spacial score (nSPS) is 18.6. The molecule has 0 atom stereocenters. The van der Waals surface area contributed by atoms with Crippen molar-refractivity contribution < 1.29 is 5.11 Å². The Morgan fingerprint density at radius 3 is 1.88 bits per heavy atom. The van der Waals surface area contributed by atoms with Gasteiger partial charge in [0.15, 0.2) is 0 Å². The zero-order valence-electron chi connectivity index (χ0n) is 45.3. The average molecular weight is 949 g/mol. The number of hydrogen-bond acceptors (Lipinski definition) is 3. The van der Waals surface area contributed by atoms with Crippen molar-refractivity contribution in [3.8, 4) is 61.5 Å². The second-order valence-corrected chi connectivity index (χ2v) is 25.4. The Labute approximate surface area is 431 Å². The summed E-state index contributed by atoms with van der Waals surface area (Å²) in [5.74, 6) is 0.950. The van der Waals surface area contributed by atoms with Crippen LogP contribution in [-0.4, -0.2) is 15.8 Å². The van der Waals surface area contributed by atoms with Gasteiger partial charge in [0.05, 0.1) is 17.1 Å². The maximum absolute atomic E-state index is 12.0. The fourth-order valence-corrected chi connectivity index (χ4v) is 13.8. The summed E-state index contributed by atoms with van der Waals surface area (Å²) in [5.41, 5.74) is 24.2. The number of benzene rings is 6. The van der Waals surface area contributed by atoms with E-state index in [1.807, 2.05) is 12.3 Å². The number of hydrogen-bond donors (Lipinski definition) is 1. The molecular formula is C69H76N2O. The van der Waals surface area contributed by atoms with Gasteiger partial charge in [-0.15, -0.1) is 0 Å². The molecule has 7 aromatic rings. The third kappa shape index (κ3) is 7.91. The Balaban J connectivity index is 1.04. The quantitative estimate of drug-likeness (QED) is 0.181. The van der Waals surface area contributed by atoms with Crippen molar-refractivity contribution in [3.05, 3.63) is 172 Å². The Kier molecular flexibility index (Phi) is 11.6. The maximum Gasteiger partial charge on any atom is 0.124 e. The minimum Gasteiger partial charge on any atom is -0.507 e. The average Bonchev–Trinajstić information content (AvgIpc) is 3.63. The molecule has 2 saturated carbocycles. The summed E-state index contributed by atoms with van der Waals surface area (Å²) in [5, 5.41) is 12.0. The molecule has 1 aromatic heterocycles. The van der Waals surface area contributed by atoms with Crippen LogP contribution in [0.15, 0.2) is 126 Å². The van der Waals surface area contributed by atoms with E-state index >= 15 is 0 Å². The van der Waals surface area contributed by atoms with E-state index in [2.05, 4.69) is 192 Å². The summed E-state index contributed by atoms with van der Waals surface area (Å²) in [7, 11) is 0. The van der Waals surface area contributed by atoms with E-state index in [1.165, 1.54) is 141 Å². The highest BCUT2D eigenvalue weighted by Crippen LogP contribution is 2.62. The third-order valence-corrected chi connectivity index (χ3v) is 19.0. The minimum atomic E-state index is -0.548. The molecule has 0 amide bonds. The summed E-state index contributed by atoms with van der Waals surface area (Å²) >= 11 is 0. The molecule has 0 bridgehead atoms. The van der Waals surface area contributed by atoms with Crippen LogP contribution in [0.4, 0.5) is 5.69 Å². The molecule has 72 heavy (non-hydrogen) atoms.